The number of rotatable bonds is 4. The first-order valence-corrected chi connectivity index (χ1v) is 6.09. The third-order valence-corrected chi connectivity index (χ3v) is 3.14. The van der Waals surface area contributed by atoms with Gasteiger partial charge in [-0.05, 0) is 25.5 Å². The van der Waals surface area contributed by atoms with Gasteiger partial charge in [0.1, 0.15) is 5.01 Å². The van der Waals surface area contributed by atoms with Crippen molar-refractivity contribution in [2.75, 3.05) is 0 Å². The molecule has 1 N–H and O–H groups in total. The molecule has 0 aromatic carbocycles. The molecule has 2 heterocycles. The molecule has 0 atom stereocenters. The van der Waals surface area contributed by atoms with E-state index in [4.69, 9.17) is 0 Å². The first kappa shape index (κ1) is 11.2. The number of nitrogens with zero attached hydrogens (tertiary/aromatic N) is 2. The molecule has 0 saturated carbocycles. The first-order valence-electron chi connectivity index (χ1n) is 5.27. The summed E-state index contributed by atoms with van der Waals surface area (Å²) in [5.74, 6) is 0. The molecule has 0 bridgehead atoms. The highest BCUT2D eigenvalue weighted by Crippen LogP contribution is 2.10. The molecule has 2 rings (SSSR count). The molecule has 16 heavy (non-hydrogen) atoms. The Morgan fingerprint density at radius 2 is 2.00 bits per heavy atom. The monoisotopic (exact) mass is 233 g/mol. The van der Waals surface area contributed by atoms with Gasteiger partial charge in [0.15, 0.2) is 0 Å². The summed E-state index contributed by atoms with van der Waals surface area (Å²) in [5, 5.41) is 4.47. The molecule has 0 saturated heterocycles. The van der Waals surface area contributed by atoms with Gasteiger partial charge in [-0.2, -0.15) is 0 Å². The summed E-state index contributed by atoms with van der Waals surface area (Å²) in [4.78, 5) is 9.89. The van der Waals surface area contributed by atoms with Crippen molar-refractivity contribution < 1.29 is 0 Å². The normalized spacial score (nSPS) is 10.6. The quantitative estimate of drug-likeness (QED) is 0.881. The third-order valence-electron chi connectivity index (χ3n) is 2.22. The Hall–Kier alpha value is -1.26. The number of aromatic nitrogens is 2. The molecular formula is C12H15N3S. The van der Waals surface area contributed by atoms with Crippen molar-refractivity contribution in [3.63, 3.8) is 0 Å². The van der Waals surface area contributed by atoms with Crippen molar-refractivity contribution >= 4 is 11.3 Å². The number of hydrogen-bond donors (Lipinski definition) is 1. The fourth-order valence-electron chi connectivity index (χ4n) is 1.38. The van der Waals surface area contributed by atoms with Gasteiger partial charge >= 0.3 is 0 Å². The molecular weight excluding hydrogens is 218 g/mol. The van der Waals surface area contributed by atoms with Gasteiger partial charge in [0, 0.05) is 30.4 Å². The topological polar surface area (TPSA) is 37.8 Å². The first-order chi connectivity index (χ1) is 7.74. The van der Waals surface area contributed by atoms with Crippen LogP contribution in [0.25, 0.3) is 0 Å². The zero-order chi connectivity index (χ0) is 11.4. The van der Waals surface area contributed by atoms with Gasteiger partial charge in [0.2, 0.25) is 0 Å². The predicted octanol–water partition coefficient (Wildman–Crippen LogP) is 2.44. The molecule has 0 aliphatic carbocycles. The van der Waals surface area contributed by atoms with Crippen molar-refractivity contribution in [2.24, 2.45) is 0 Å². The molecule has 0 aliphatic heterocycles. The molecule has 84 valence electrons. The van der Waals surface area contributed by atoms with E-state index in [0.717, 1.165) is 23.8 Å². The molecule has 0 fully saturated rings. The zero-order valence-electron chi connectivity index (χ0n) is 9.53. The third kappa shape index (κ3) is 3.12. The van der Waals surface area contributed by atoms with E-state index in [0.29, 0.717) is 0 Å². The minimum Gasteiger partial charge on any atom is -0.305 e. The van der Waals surface area contributed by atoms with E-state index in [-0.39, 0.29) is 0 Å². The molecule has 0 aliphatic rings. The summed E-state index contributed by atoms with van der Waals surface area (Å²) in [6.07, 6.45) is 3.80. The van der Waals surface area contributed by atoms with Gasteiger partial charge in [-0.3, -0.25) is 4.98 Å². The van der Waals surface area contributed by atoms with Crippen LogP contribution in [-0.4, -0.2) is 9.97 Å². The lowest BCUT2D eigenvalue weighted by molar-refractivity contribution is 0.676. The summed E-state index contributed by atoms with van der Waals surface area (Å²) >= 11 is 1.73. The Labute approximate surface area is 99.6 Å². The van der Waals surface area contributed by atoms with E-state index < -0.39 is 0 Å². The number of nitrogens with one attached hydrogen (secondary N) is 1. The van der Waals surface area contributed by atoms with Crippen molar-refractivity contribution in [3.8, 4) is 0 Å². The van der Waals surface area contributed by atoms with Gasteiger partial charge in [0.25, 0.3) is 0 Å². The van der Waals surface area contributed by atoms with Crippen LogP contribution in [0.15, 0.2) is 24.5 Å². The molecule has 0 amide bonds. The second-order valence-electron chi connectivity index (χ2n) is 3.80. The predicted molar refractivity (Wildman–Crippen MR) is 66.4 cm³/mol. The maximum atomic E-state index is 4.34. The highest BCUT2D eigenvalue weighted by molar-refractivity contribution is 7.11. The molecule has 3 nitrogen and oxygen atoms in total. The smallest absolute Gasteiger partial charge is 0.107 e. The second-order valence-corrected chi connectivity index (χ2v) is 5.11. The van der Waals surface area contributed by atoms with Gasteiger partial charge in [-0.15, -0.1) is 11.3 Å². The van der Waals surface area contributed by atoms with Crippen LogP contribution in [-0.2, 0) is 13.1 Å². The number of thiazole rings is 1. The molecule has 0 radical (unpaired) electrons. The van der Waals surface area contributed by atoms with Crippen LogP contribution in [0.2, 0.25) is 0 Å². The fourth-order valence-corrected chi connectivity index (χ4v) is 2.14. The Bertz CT molecular complexity index is 448. The summed E-state index contributed by atoms with van der Waals surface area (Å²) in [6, 6.07) is 4.13. The van der Waals surface area contributed by atoms with Crippen LogP contribution >= 0.6 is 11.3 Å². The Morgan fingerprint density at radius 3 is 2.62 bits per heavy atom. The average Bonchev–Trinajstić information content (AvgIpc) is 2.67. The number of hydrogen-bond acceptors (Lipinski definition) is 4. The maximum absolute atomic E-state index is 4.34. The lowest BCUT2D eigenvalue weighted by atomic mass is 10.3. The van der Waals surface area contributed by atoms with E-state index in [2.05, 4.69) is 34.3 Å². The molecule has 0 spiro atoms. The van der Waals surface area contributed by atoms with Crippen molar-refractivity contribution in [1.29, 1.82) is 0 Å². The largest absolute Gasteiger partial charge is 0.305 e. The van der Waals surface area contributed by atoms with Gasteiger partial charge in [-0.25, -0.2) is 4.98 Å². The minimum atomic E-state index is 0.791. The molecule has 2 aromatic rings. The lowest BCUT2D eigenvalue weighted by Crippen LogP contribution is -2.13. The highest BCUT2D eigenvalue weighted by Gasteiger charge is 1.98. The van der Waals surface area contributed by atoms with Crippen molar-refractivity contribution in [1.82, 2.24) is 15.3 Å². The zero-order valence-corrected chi connectivity index (χ0v) is 10.3. The van der Waals surface area contributed by atoms with Gasteiger partial charge in [-0.1, -0.05) is 6.07 Å². The van der Waals surface area contributed by atoms with Gasteiger partial charge < -0.3 is 5.32 Å². The van der Waals surface area contributed by atoms with Crippen LogP contribution in [0.1, 0.15) is 21.1 Å². The van der Waals surface area contributed by atoms with Crippen molar-refractivity contribution in [3.05, 3.63) is 45.7 Å². The van der Waals surface area contributed by atoms with E-state index >= 15 is 0 Å². The standard InChI is InChI=1S/C12H15N3S/c1-9-3-4-11(14-5-9)7-13-8-12-15-6-10(2)16-12/h3-6,13H,7-8H2,1-2H3. The summed E-state index contributed by atoms with van der Waals surface area (Å²) in [7, 11) is 0. The maximum Gasteiger partial charge on any atom is 0.107 e. The number of aryl methyl sites for hydroxylation is 2. The molecule has 0 unspecified atom stereocenters. The Kier molecular flexibility index (Phi) is 3.64. The average molecular weight is 233 g/mol. The van der Waals surface area contributed by atoms with Gasteiger partial charge in [0.05, 0.1) is 5.69 Å². The van der Waals surface area contributed by atoms with Crippen LogP contribution in [0.5, 0.6) is 0 Å². The highest BCUT2D eigenvalue weighted by atomic mass is 32.1. The van der Waals surface area contributed by atoms with E-state index in [1.165, 1.54) is 10.4 Å². The molecule has 2 aromatic heterocycles. The van der Waals surface area contributed by atoms with E-state index in [9.17, 15) is 0 Å². The Morgan fingerprint density at radius 1 is 1.12 bits per heavy atom. The second kappa shape index (κ2) is 5.18. The summed E-state index contributed by atoms with van der Waals surface area (Å²) in [5.41, 5.74) is 2.26. The van der Waals surface area contributed by atoms with E-state index in [1.54, 1.807) is 11.3 Å². The van der Waals surface area contributed by atoms with Crippen LogP contribution in [0, 0.1) is 13.8 Å². The van der Waals surface area contributed by atoms with Crippen LogP contribution in [0.4, 0.5) is 0 Å². The summed E-state index contributed by atoms with van der Waals surface area (Å²) in [6.45, 7) is 5.72. The van der Waals surface area contributed by atoms with Crippen molar-refractivity contribution in [2.45, 2.75) is 26.9 Å². The lowest BCUT2D eigenvalue weighted by Gasteiger charge is -2.02. The van der Waals surface area contributed by atoms with Crippen LogP contribution < -0.4 is 5.32 Å². The SMILES string of the molecule is Cc1ccc(CNCc2ncc(C)s2)nc1. The minimum absolute atomic E-state index is 0.791. The molecule has 4 heteroatoms. The summed E-state index contributed by atoms with van der Waals surface area (Å²) < 4.78 is 0. The van der Waals surface area contributed by atoms with Crippen LogP contribution in [0.3, 0.4) is 0 Å². The Balaban J connectivity index is 1.82. The van der Waals surface area contributed by atoms with E-state index in [1.807, 2.05) is 19.3 Å². The fraction of sp³-hybridized carbons (Fsp3) is 0.333. The number of pyridine rings is 1.